The van der Waals surface area contributed by atoms with E-state index < -0.39 is 5.82 Å². The first-order valence-corrected chi connectivity index (χ1v) is 5.44. The van der Waals surface area contributed by atoms with Crippen molar-refractivity contribution in [3.63, 3.8) is 0 Å². The smallest absolute Gasteiger partial charge is 0.171 e. The highest BCUT2D eigenvalue weighted by atomic mass is 35.5. The van der Waals surface area contributed by atoms with Gasteiger partial charge in [-0.25, -0.2) is 9.07 Å². The van der Waals surface area contributed by atoms with Gasteiger partial charge in [0.25, 0.3) is 0 Å². The third-order valence-electron chi connectivity index (χ3n) is 2.24. The number of hydrogen-bond donors (Lipinski definition) is 0. The molecule has 16 heavy (non-hydrogen) atoms. The molecular formula is C10H8Cl2FN3. The van der Waals surface area contributed by atoms with Gasteiger partial charge in [-0.05, 0) is 18.6 Å². The van der Waals surface area contributed by atoms with Crippen molar-refractivity contribution in [3.05, 3.63) is 39.9 Å². The van der Waals surface area contributed by atoms with Gasteiger partial charge in [0.1, 0.15) is 5.82 Å². The fourth-order valence-corrected chi connectivity index (χ4v) is 1.80. The Kier molecular flexibility index (Phi) is 3.12. The highest BCUT2D eigenvalue weighted by molar-refractivity contribution is 6.30. The summed E-state index contributed by atoms with van der Waals surface area (Å²) in [6, 6.07) is 3.18. The second kappa shape index (κ2) is 4.39. The summed E-state index contributed by atoms with van der Waals surface area (Å²) >= 11 is 11.4. The quantitative estimate of drug-likeness (QED) is 0.829. The fourth-order valence-electron chi connectivity index (χ4n) is 1.49. The molecule has 0 atom stereocenters. The fraction of sp³-hybridized carbons (Fsp3) is 0.200. The third-order valence-corrected chi connectivity index (χ3v) is 2.70. The molecule has 0 N–H and O–H groups in total. The van der Waals surface area contributed by atoms with Crippen LogP contribution in [0.1, 0.15) is 12.5 Å². The molecule has 2 rings (SSSR count). The molecule has 0 saturated carbocycles. The van der Waals surface area contributed by atoms with Crippen LogP contribution in [0, 0.1) is 5.82 Å². The molecule has 0 radical (unpaired) electrons. The van der Waals surface area contributed by atoms with Crippen molar-refractivity contribution in [3.8, 4) is 5.69 Å². The van der Waals surface area contributed by atoms with Crippen LogP contribution >= 0.6 is 23.2 Å². The molecule has 0 saturated heterocycles. The Balaban J connectivity index is 2.61. The number of hydrogen-bond acceptors (Lipinski definition) is 2. The zero-order chi connectivity index (χ0) is 11.7. The van der Waals surface area contributed by atoms with E-state index in [0.29, 0.717) is 17.7 Å². The molecule has 1 heterocycles. The average Bonchev–Trinajstić information content (AvgIpc) is 2.68. The highest BCUT2D eigenvalue weighted by Gasteiger charge is 2.13. The lowest BCUT2D eigenvalue weighted by atomic mass is 10.1. The van der Waals surface area contributed by atoms with E-state index in [2.05, 4.69) is 10.3 Å². The van der Waals surface area contributed by atoms with Crippen molar-refractivity contribution in [2.45, 2.75) is 13.3 Å². The first kappa shape index (κ1) is 11.4. The standard InChI is InChI=1S/C10H8Cl2FN3/c1-2-6-8(4-3-7(11)10(6)13)16-5-9(12)14-15-16/h3-5H,2H2,1H3. The minimum absolute atomic E-state index is 0.104. The summed E-state index contributed by atoms with van der Waals surface area (Å²) in [5.41, 5.74) is 1.10. The molecule has 0 spiro atoms. The molecule has 2 aromatic rings. The first-order chi connectivity index (χ1) is 7.63. The van der Waals surface area contributed by atoms with Gasteiger partial charge in [-0.15, -0.1) is 5.10 Å². The van der Waals surface area contributed by atoms with E-state index in [9.17, 15) is 4.39 Å². The second-order valence-electron chi connectivity index (χ2n) is 3.20. The second-order valence-corrected chi connectivity index (χ2v) is 3.99. The zero-order valence-electron chi connectivity index (χ0n) is 8.41. The maximum Gasteiger partial charge on any atom is 0.171 e. The Labute approximate surface area is 102 Å². The van der Waals surface area contributed by atoms with Gasteiger partial charge in [0.2, 0.25) is 0 Å². The van der Waals surface area contributed by atoms with Crippen molar-refractivity contribution in [1.82, 2.24) is 15.0 Å². The Morgan fingerprint density at radius 3 is 2.69 bits per heavy atom. The maximum atomic E-state index is 13.7. The SMILES string of the molecule is CCc1c(-n2cc(Cl)nn2)ccc(Cl)c1F. The van der Waals surface area contributed by atoms with E-state index in [1.54, 1.807) is 6.07 Å². The van der Waals surface area contributed by atoms with Gasteiger partial charge in [-0.3, -0.25) is 0 Å². The Bertz CT molecular complexity index is 525. The predicted molar refractivity (Wildman–Crippen MR) is 60.7 cm³/mol. The Hall–Kier alpha value is -1.13. The number of rotatable bonds is 2. The number of nitrogens with zero attached hydrogens (tertiary/aromatic N) is 3. The maximum absolute atomic E-state index is 13.7. The lowest BCUT2D eigenvalue weighted by Gasteiger charge is -2.09. The number of aromatic nitrogens is 3. The summed E-state index contributed by atoms with van der Waals surface area (Å²) in [4.78, 5) is 0. The van der Waals surface area contributed by atoms with Crippen LogP contribution in [0.2, 0.25) is 10.2 Å². The van der Waals surface area contributed by atoms with Crippen molar-refractivity contribution < 1.29 is 4.39 Å². The van der Waals surface area contributed by atoms with Crippen molar-refractivity contribution in [2.75, 3.05) is 0 Å². The van der Waals surface area contributed by atoms with Gasteiger partial charge >= 0.3 is 0 Å². The number of benzene rings is 1. The van der Waals surface area contributed by atoms with Crippen LogP contribution < -0.4 is 0 Å². The Morgan fingerprint density at radius 2 is 2.12 bits per heavy atom. The third kappa shape index (κ3) is 1.90. The molecule has 3 nitrogen and oxygen atoms in total. The van der Waals surface area contributed by atoms with Crippen LogP contribution in [0.25, 0.3) is 5.69 Å². The topological polar surface area (TPSA) is 30.7 Å². The van der Waals surface area contributed by atoms with E-state index in [-0.39, 0.29) is 10.2 Å². The summed E-state index contributed by atoms with van der Waals surface area (Å²) in [6.45, 7) is 1.84. The normalized spacial score (nSPS) is 10.8. The molecule has 0 unspecified atom stereocenters. The summed E-state index contributed by atoms with van der Waals surface area (Å²) in [6.07, 6.45) is 2.03. The molecule has 84 valence electrons. The molecule has 6 heteroatoms. The lowest BCUT2D eigenvalue weighted by molar-refractivity contribution is 0.608. The van der Waals surface area contributed by atoms with Gasteiger partial charge in [0, 0.05) is 5.56 Å². The van der Waals surface area contributed by atoms with E-state index in [0.717, 1.165) is 0 Å². The molecule has 1 aromatic carbocycles. The largest absolute Gasteiger partial charge is 0.219 e. The molecule has 0 aliphatic heterocycles. The van der Waals surface area contributed by atoms with Gasteiger partial charge in [0.15, 0.2) is 5.15 Å². The van der Waals surface area contributed by atoms with Crippen LogP contribution in [0.15, 0.2) is 18.3 Å². The molecule has 0 bridgehead atoms. The van der Waals surface area contributed by atoms with Crippen LogP contribution in [0.3, 0.4) is 0 Å². The van der Waals surface area contributed by atoms with Gasteiger partial charge in [0.05, 0.1) is 16.9 Å². The number of halogens is 3. The zero-order valence-corrected chi connectivity index (χ0v) is 9.93. The van der Waals surface area contributed by atoms with Crippen molar-refractivity contribution in [1.29, 1.82) is 0 Å². The van der Waals surface area contributed by atoms with Crippen LogP contribution in [-0.4, -0.2) is 15.0 Å². The van der Waals surface area contributed by atoms with Gasteiger partial charge in [-0.2, -0.15) is 0 Å². The van der Waals surface area contributed by atoms with E-state index in [4.69, 9.17) is 23.2 Å². The summed E-state index contributed by atoms with van der Waals surface area (Å²) in [5, 5.41) is 7.80. The van der Waals surface area contributed by atoms with Gasteiger partial charge < -0.3 is 0 Å². The van der Waals surface area contributed by atoms with Gasteiger partial charge in [-0.1, -0.05) is 35.3 Å². The first-order valence-electron chi connectivity index (χ1n) is 4.68. The minimum Gasteiger partial charge on any atom is -0.219 e. The van der Waals surface area contributed by atoms with E-state index >= 15 is 0 Å². The van der Waals surface area contributed by atoms with Crippen molar-refractivity contribution in [2.24, 2.45) is 0 Å². The Morgan fingerprint density at radius 1 is 1.38 bits per heavy atom. The highest BCUT2D eigenvalue weighted by Crippen LogP contribution is 2.25. The average molecular weight is 260 g/mol. The minimum atomic E-state index is -0.423. The lowest BCUT2D eigenvalue weighted by Crippen LogP contribution is -2.02. The summed E-state index contributed by atoms with van der Waals surface area (Å²) in [7, 11) is 0. The molecule has 0 amide bonds. The summed E-state index contributed by atoms with van der Waals surface area (Å²) < 4.78 is 15.2. The van der Waals surface area contributed by atoms with Crippen molar-refractivity contribution >= 4 is 23.2 Å². The molecule has 0 fully saturated rings. The van der Waals surface area contributed by atoms with E-state index in [1.165, 1.54) is 16.9 Å². The summed E-state index contributed by atoms with van der Waals surface area (Å²) in [5.74, 6) is -0.423. The molecule has 1 aromatic heterocycles. The molecule has 0 aliphatic rings. The monoisotopic (exact) mass is 259 g/mol. The van der Waals surface area contributed by atoms with Crippen LogP contribution in [0.5, 0.6) is 0 Å². The van der Waals surface area contributed by atoms with E-state index in [1.807, 2.05) is 6.92 Å². The molecular weight excluding hydrogens is 252 g/mol. The van der Waals surface area contributed by atoms with Crippen LogP contribution in [-0.2, 0) is 6.42 Å². The predicted octanol–water partition coefficient (Wildman–Crippen LogP) is 3.28. The molecule has 0 aliphatic carbocycles. The van der Waals surface area contributed by atoms with Crippen LogP contribution in [0.4, 0.5) is 4.39 Å².